The standard InChI is InChI=1S/C10H8BrIO4/c1-15-9(13)5-3-6(11)8(7(12)4-5)10(14)16-2/h3-4H,1-2H3. The van der Waals surface area contributed by atoms with Gasteiger partial charge in [-0.2, -0.15) is 0 Å². The van der Waals surface area contributed by atoms with Crippen molar-refractivity contribution in [2.24, 2.45) is 0 Å². The van der Waals surface area contributed by atoms with Gasteiger partial charge in [-0.1, -0.05) is 0 Å². The molecule has 16 heavy (non-hydrogen) atoms. The molecule has 0 aliphatic rings. The third-order valence-corrected chi connectivity index (χ3v) is 3.33. The van der Waals surface area contributed by atoms with E-state index in [4.69, 9.17) is 0 Å². The predicted molar refractivity (Wildman–Crippen MR) is 69.5 cm³/mol. The van der Waals surface area contributed by atoms with Gasteiger partial charge < -0.3 is 9.47 Å². The van der Waals surface area contributed by atoms with Gasteiger partial charge in [0.15, 0.2) is 0 Å². The van der Waals surface area contributed by atoms with Gasteiger partial charge in [0.05, 0.1) is 25.3 Å². The minimum atomic E-state index is -0.451. The fourth-order valence-electron chi connectivity index (χ4n) is 1.11. The molecular formula is C10H8BrIO4. The van der Waals surface area contributed by atoms with E-state index in [1.54, 1.807) is 6.07 Å². The smallest absolute Gasteiger partial charge is 0.340 e. The maximum absolute atomic E-state index is 11.4. The number of carbonyl (C=O) groups is 2. The fraction of sp³-hybridized carbons (Fsp3) is 0.200. The van der Waals surface area contributed by atoms with Crippen LogP contribution in [-0.4, -0.2) is 26.2 Å². The molecule has 4 nitrogen and oxygen atoms in total. The van der Waals surface area contributed by atoms with Crippen LogP contribution in [0.1, 0.15) is 20.7 Å². The highest BCUT2D eigenvalue weighted by molar-refractivity contribution is 14.1. The van der Waals surface area contributed by atoms with Crippen LogP contribution in [0.4, 0.5) is 0 Å². The van der Waals surface area contributed by atoms with E-state index in [-0.39, 0.29) is 0 Å². The Morgan fingerprint density at radius 1 is 1.19 bits per heavy atom. The summed E-state index contributed by atoms with van der Waals surface area (Å²) in [5.41, 5.74) is 0.780. The number of benzene rings is 1. The number of rotatable bonds is 2. The van der Waals surface area contributed by atoms with Gasteiger partial charge in [0.1, 0.15) is 0 Å². The largest absolute Gasteiger partial charge is 0.465 e. The number of hydrogen-bond donors (Lipinski definition) is 0. The van der Waals surface area contributed by atoms with Crippen molar-refractivity contribution in [2.45, 2.75) is 0 Å². The molecule has 0 saturated carbocycles. The SMILES string of the molecule is COC(=O)c1cc(Br)c(C(=O)OC)c(I)c1. The molecule has 0 fully saturated rings. The lowest BCUT2D eigenvalue weighted by molar-refractivity contribution is 0.0585. The Balaban J connectivity index is 3.28. The van der Waals surface area contributed by atoms with E-state index in [9.17, 15) is 9.59 Å². The highest BCUT2D eigenvalue weighted by atomic mass is 127. The molecule has 0 atom stereocenters. The summed E-state index contributed by atoms with van der Waals surface area (Å²) in [6.45, 7) is 0. The van der Waals surface area contributed by atoms with Gasteiger partial charge in [-0.05, 0) is 50.7 Å². The van der Waals surface area contributed by atoms with Crippen LogP contribution in [0, 0.1) is 3.57 Å². The van der Waals surface area contributed by atoms with Gasteiger partial charge in [0.2, 0.25) is 0 Å². The summed E-state index contributed by atoms with van der Waals surface area (Å²) in [4.78, 5) is 22.7. The van der Waals surface area contributed by atoms with Gasteiger partial charge in [-0.25, -0.2) is 9.59 Å². The average molecular weight is 399 g/mol. The Bertz CT molecular complexity index is 421. The van der Waals surface area contributed by atoms with Crippen molar-refractivity contribution in [2.75, 3.05) is 14.2 Å². The molecule has 0 aliphatic heterocycles. The van der Waals surface area contributed by atoms with Gasteiger partial charge in [-0.15, -0.1) is 0 Å². The first kappa shape index (κ1) is 13.4. The summed E-state index contributed by atoms with van der Waals surface area (Å²) < 4.78 is 10.4. The van der Waals surface area contributed by atoms with Crippen LogP contribution in [0.25, 0.3) is 0 Å². The molecule has 0 radical (unpaired) electrons. The Morgan fingerprint density at radius 2 is 1.75 bits per heavy atom. The van der Waals surface area contributed by atoms with Crippen LogP contribution in [0.3, 0.4) is 0 Å². The average Bonchev–Trinajstić information content (AvgIpc) is 2.26. The topological polar surface area (TPSA) is 52.6 Å². The van der Waals surface area contributed by atoms with Crippen molar-refractivity contribution >= 4 is 50.5 Å². The molecule has 0 unspecified atom stereocenters. The second-order valence-electron chi connectivity index (χ2n) is 2.80. The lowest BCUT2D eigenvalue weighted by Crippen LogP contribution is -2.08. The molecule has 6 heteroatoms. The van der Waals surface area contributed by atoms with E-state index in [0.717, 1.165) is 0 Å². The zero-order valence-electron chi connectivity index (χ0n) is 8.54. The second kappa shape index (κ2) is 5.62. The Hall–Kier alpha value is -0.630. The third kappa shape index (κ3) is 2.73. The van der Waals surface area contributed by atoms with E-state index < -0.39 is 11.9 Å². The fourth-order valence-corrected chi connectivity index (χ4v) is 2.94. The minimum Gasteiger partial charge on any atom is -0.465 e. The number of hydrogen-bond acceptors (Lipinski definition) is 4. The first-order valence-corrected chi connectivity index (χ1v) is 6.04. The second-order valence-corrected chi connectivity index (χ2v) is 4.81. The molecule has 0 bridgehead atoms. The summed E-state index contributed by atoms with van der Waals surface area (Å²) in [6.07, 6.45) is 0. The van der Waals surface area contributed by atoms with Crippen LogP contribution >= 0.6 is 38.5 Å². The highest BCUT2D eigenvalue weighted by Gasteiger charge is 2.18. The number of halogens is 2. The Labute approximate surface area is 115 Å². The predicted octanol–water partition coefficient (Wildman–Crippen LogP) is 2.63. The van der Waals surface area contributed by atoms with Gasteiger partial charge >= 0.3 is 11.9 Å². The maximum Gasteiger partial charge on any atom is 0.340 e. The van der Waals surface area contributed by atoms with Crippen molar-refractivity contribution in [3.05, 3.63) is 31.3 Å². The van der Waals surface area contributed by atoms with Crippen molar-refractivity contribution in [1.29, 1.82) is 0 Å². The molecule has 86 valence electrons. The molecule has 0 aliphatic carbocycles. The zero-order valence-corrected chi connectivity index (χ0v) is 12.3. The summed E-state index contributed by atoms with van der Waals surface area (Å²) in [6, 6.07) is 3.10. The van der Waals surface area contributed by atoms with E-state index in [0.29, 0.717) is 19.2 Å². The summed E-state index contributed by atoms with van der Waals surface area (Å²) in [5.74, 6) is -0.900. The molecule has 0 N–H and O–H groups in total. The molecular weight excluding hydrogens is 391 g/mol. The van der Waals surface area contributed by atoms with E-state index in [2.05, 4.69) is 25.4 Å². The van der Waals surface area contributed by atoms with Gasteiger partial charge in [0.25, 0.3) is 0 Å². The quantitative estimate of drug-likeness (QED) is 0.567. The molecule has 1 aromatic carbocycles. The van der Waals surface area contributed by atoms with E-state index >= 15 is 0 Å². The Kier molecular flexibility index (Phi) is 4.72. The number of methoxy groups -OCH3 is 2. The zero-order chi connectivity index (χ0) is 12.3. The van der Waals surface area contributed by atoms with Crippen molar-refractivity contribution in [1.82, 2.24) is 0 Å². The van der Waals surface area contributed by atoms with Crippen molar-refractivity contribution in [3.63, 3.8) is 0 Å². The molecule has 0 heterocycles. The minimum absolute atomic E-state index is 0.381. The molecule has 1 aromatic rings. The normalized spacial score (nSPS) is 9.75. The summed E-state index contributed by atoms with van der Waals surface area (Å²) in [7, 11) is 2.61. The maximum atomic E-state index is 11.4. The Morgan fingerprint density at radius 3 is 2.19 bits per heavy atom. The van der Waals surface area contributed by atoms with Crippen LogP contribution in [0.2, 0.25) is 0 Å². The first-order chi connectivity index (χ1) is 7.51. The van der Waals surface area contributed by atoms with E-state index in [1.807, 2.05) is 22.6 Å². The van der Waals surface area contributed by atoms with Gasteiger partial charge in [0, 0.05) is 8.04 Å². The highest BCUT2D eigenvalue weighted by Crippen LogP contribution is 2.25. The number of esters is 2. The number of carbonyl (C=O) groups excluding carboxylic acids is 2. The van der Waals surface area contributed by atoms with Crippen LogP contribution in [0.15, 0.2) is 16.6 Å². The monoisotopic (exact) mass is 398 g/mol. The van der Waals surface area contributed by atoms with Crippen molar-refractivity contribution in [3.8, 4) is 0 Å². The van der Waals surface area contributed by atoms with E-state index in [1.165, 1.54) is 20.3 Å². The van der Waals surface area contributed by atoms with Crippen molar-refractivity contribution < 1.29 is 19.1 Å². The first-order valence-electron chi connectivity index (χ1n) is 4.17. The molecule has 0 amide bonds. The molecule has 0 aromatic heterocycles. The number of ether oxygens (including phenoxy) is 2. The molecule has 0 spiro atoms. The molecule has 0 saturated heterocycles. The van der Waals surface area contributed by atoms with Gasteiger partial charge in [-0.3, -0.25) is 0 Å². The van der Waals surface area contributed by atoms with Crippen LogP contribution in [0.5, 0.6) is 0 Å². The third-order valence-electron chi connectivity index (χ3n) is 1.85. The lowest BCUT2D eigenvalue weighted by atomic mass is 10.1. The summed E-state index contributed by atoms with van der Waals surface area (Å²) >= 11 is 5.18. The van der Waals surface area contributed by atoms with Crippen LogP contribution in [-0.2, 0) is 9.47 Å². The van der Waals surface area contributed by atoms with Crippen LogP contribution < -0.4 is 0 Å². The summed E-state index contributed by atoms with van der Waals surface area (Å²) in [5, 5.41) is 0. The molecule has 1 rings (SSSR count). The lowest BCUT2D eigenvalue weighted by Gasteiger charge is -2.07.